The van der Waals surface area contributed by atoms with Gasteiger partial charge in [0, 0.05) is 26.6 Å². The molecule has 3 aromatic rings. The molecule has 0 saturated carbocycles. The van der Waals surface area contributed by atoms with Gasteiger partial charge in [-0.25, -0.2) is 18.4 Å². The van der Waals surface area contributed by atoms with Gasteiger partial charge in [0.05, 0.1) is 18.2 Å². The van der Waals surface area contributed by atoms with Gasteiger partial charge in [-0.3, -0.25) is 9.29 Å². The second kappa shape index (κ2) is 9.73. The molecule has 1 N–H and O–H groups in total. The van der Waals surface area contributed by atoms with E-state index < -0.39 is 21.4 Å². The van der Waals surface area contributed by atoms with E-state index in [1.54, 1.807) is 30.7 Å². The van der Waals surface area contributed by atoms with Crippen molar-refractivity contribution in [3.63, 3.8) is 0 Å². The molecule has 0 amide bonds. The second-order valence-corrected chi connectivity index (χ2v) is 9.14. The third kappa shape index (κ3) is 5.21. The van der Waals surface area contributed by atoms with E-state index in [0.717, 1.165) is 0 Å². The molecular formula is C18H23ClN6O5S. The summed E-state index contributed by atoms with van der Waals surface area (Å²) < 4.78 is 46.4. The van der Waals surface area contributed by atoms with Gasteiger partial charge >= 0.3 is 0 Å². The fraction of sp³-hybridized carbons (Fsp3) is 0.444. The second-order valence-electron chi connectivity index (χ2n) is 6.67. The van der Waals surface area contributed by atoms with Crippen molar-refractivity contribution in [3.05, 3.63) is 41.1 Å². The van der Waals surface area contributed by atoms with Crippen molar-refractivity contribution in [3.8, 4) is 11.6 Å². The predicted octanol–water partition coefficient (Wildman–Crippen LogP) is 2.45. The van der Waals surface area contributed by atoms with Gasteiger partial charge in [-0.2, -0.15) is 0 Å². The quantitative estimate of drug-likeness (QED) is 0.474. The molecule has 168 valence electrons. The standard InChI is InChI=1S/C18H23ClN6O5S/c1-11-5-6-14(30-11)17-22-23-18(25(17)7-8-28-3)24-31(26,27)12(2)15(29-4)16-20-9-13(19)10-21-16/h5-6,9-10,12,15H,7-8H2,1-4H3,(H,23,24)/t12-,15-/m0/s1. The summed E-state index contributed by atoms with van der Waals surface area (Å²) in [5, 5.41) is 7.38. The average molecular weight is 471 g/mol. The molecule has 0 aromatic carbocycles. The van der Waals surface area contributed by atoms with E-state index in [0.29, 0.717) is 35.5 Å². The molecule has 2 atom stereocenters. The first-order chi connectivity index (χ1) is 14.8. The maximum Gasteiger partial charge on any atom is 0.240 e. The van der Waals surface area contributed by atoms with Crippen LogP contribution >= 0.6 is 11.6 Å². The van der Waals surface area contributed by atoms with Crippen molar-refractivity contribution in [2.75, 3.05) is 25.5 Å². The Labute approximate surface area is 184 Å². The molecule has 0 fully saturated rings. The summed E-state index contributed by atoms with van der Waals surface area (Å²) in [6, 6.07) is 3.52. The van der Waals surface area contributed by atoms with Gasteiger partial charge in [0.15, 0.2) is 11.6 Å². The Balaban J connectivity index is 1.90. The van der Waals surface area contributed by atoms with Crippen LogP contribution in [-0.4, -0.2) is 59.2 Å². The molecule has 0 spiro atoms. The van der Waals surface area contributed by atoms with Crippen molar-refractivity contribution in [1.82, 2.24) is 24.7 Å². The monoisotopic (exact) mass is 470 g/mol. The lowest BCUT2D eigenvalue weighted by Gasteiger charge is -2.22. The van der Waals surface area contributed by atoms with Crippen LogP contribution in [0.5, 0.6) is 0 Å². The number of methoxy groups -OCH3 is 2. The Morgan fingerprint density at radius 1 is 1.23 bits per heavy atom. The maximum absolute atomic E-state index is 13.1. The predicted molar refractivity (Wildman–Crippen MR) is 113 cm³/mol. The summed E-state index contributed by atoms with van der Waals surface area (Å²) in [7, 11) is -1.05. The zero-order chi connectivity index (χ0) is 22.6. The number of aromatic nitrogens is 5. The molecule has 0 bridgehead atoms. The minimum absolute atomic E-state index is 0.0276. The molecule has 3 heterocycles. The van der Waals surface area contributed by atoms with E-state index >= 15 is 0 Å². The lowest BCUT2D eigenvalue weighted by Crippen LogP contribution is -2.33. The number of nitrogens with zero attached hydrogens (tertiary/aromatic N) is 5. The van der Waals surface area contributed by atoms with Crippen molar-refractivity contribution in [1.29, 1.82) is 0 Å². The van der Waals surface area contributed by atoms with E-state index in [2.05, 4.69) is 24.9 Å². The lowest BCUT2D eigenvalue weighted by molar-refractivity contribution is 0.0950. The lowest BCUT2D eigenvalue weighted by atomic mass is 10.2. The van der Waals surface area contributed by atoms with Crippen LogP contribution in [0.4, 0.5) is 5.95 Å². The normalized spacial score (nSPS) is 13.8. The number of anilines is 1. The number of furan rings is 1. The van der Waals surface area contributed by atoms with Gasteiger partial charge in [-0.05, 0) is 26.0 Å². The van der Waals surface area contributed by atoms with Crippen LogP contribution in [0.1, 0.15) is 24.6 Å². The Kier molecular flexibility index (Phi) is 7.26. The molecular weight excluding hydrogens is 448 g/mol. The van der Waals surface area contributed by atoms with E-state index in [-0.39, 0.29) is 11.8 Å². The molecule has 0 aliphatic heterocycles. The molecule has 11 nitrogen and oxygen atoms in total. The highest BCUT2D eigenvalue weighted by Gasteiger charge is 2.34. The van der Waals surface area contributed by atoms with Crippen molar-refractivity contribution >= 4 is 27.6 Å². The summed E-state index contributed by atoms with van der Waals surface area (Å²) in [6.45, 7) is 3.91. The minimum Gasteiger partial charge on any atom is -0.458 e. The number of hydrogen-bond donors (Lipinski definition) is 1. The third-order valence-corrected chi connectivity index (χ3v) is 6.42. The highest BCUT2D eigenvalue weighted by molar-refractivity contribution is 7.93. The first kappa shape index (κ1) is 23.1. The number of hydrogen-bond acceptors (Lipinski definition) is 9. The van der Waals surface area contributed by atoms with Crippen LogP contribution in [0.2, 0.25) is 5.02 Å². The summed E-state index contributed by atoms with van der Waals surface area (Å²) in [6.07, 6.45) is 1.82. The zero-order valence-electron chi connectivity index (χ0n) is 17.4. The largest absolute Gasteiger partial charge is 0.458 e. The SMILES string of the molecule is COCCn1c(NS(=O)(=O)[C@@H](C)[C@H](OC)c2ncc(Cl)cn2)nnc1-c1ccc(C)o1. The Hall–Kier alpha value is -2.54. The van der Waals surface area contributed by atoms with Gasteiger partial charge in [0.25, 0.3) is 0 Å². The van der Waals surface area contributed by atoms with E-state index in [9.17, 15) is 8.42 Å². The Morgan fingerprint density at radius 2 is 1.94 bits per heavy atom. The number of halogens is 1. The summed E-state index contributed by atoms with van der Waals surface area (Å²) in [5.41, 5.74) is 0. The molecule has 0 unspecified atom stereocenters. The fourth-order valence-corrected chi connectivity index (χ4v) is 4.12. The molecule has 0 aliphatic carbocycles. The number of rotatable bonds is 10. The fourth-order valence-electron chi connectivity index (χ4n) is 2.87. The van der Waals surface area contributed by atoms with Crippen molar-refractivity contribution < 1.29 is 22.3 Å². The number of sulfonamides is 1. The van der Waals surface area contributed by atoms with Crippen LogP contribution in [0.15, 0.2) is 28.9 Å². The number of nitrogens with one attached hydrogen (secondary N) is 1. The number of aryl methyl sites for hydroxylation is 1. The van der Waals surface area contributed by atoms with Gasteiger partial charge < -0.3 is 13.9 Å². The molecule has 0 saturated heterocycles. The molecule has 31 heavy (non-hydrogen) atoms. The zero-order valence-corrected chi connectivity index (χ0v) is 19.0. The van der Waals surface area contributed by atoms with Crippen molar-refractivity contribution in [2.45, 2.75) is 31.7 Å². The Morgan fingerprint density at radius 3 is 2.52 bits per heavy atom. The van der Waals surface area contributed by atoms with Gasteiger partial charge in [0.1, 0.15) is 17.1 Å². The first-order valence-corrected chi connectivity index (χ1v) is 11.2. The summed E-state index contributed by atoms with van der Waals surface area (Å²) in [5.74, 6) is 1.75. The van der Waals surface area contributed by atoms with Gasteiger partial charge in [0.2, 0.25) is 21.8 Å². The molecule has 0 aliphatic rings. The van der Waals surface area contributed by atoms with E-state index in [4.69, 9.17) is 25.5 Å². The molecule has 0 radical (unpaired) electrons. The van der Waals surface area contributed by atoms with E-state index in [1.807, 2.05) is 0 Å². The number of ether oxygens (including phenoxy) is 2. The smallest absolute Gasteiger partial charge is 0.240 e. The summed E-state index contributed by atoms with van der Waals surface area (Å²) >= 11 is 5.82. The first-order valence-electron chi connectivity index (χ1n) is 9.27. The molecule has 3 aromatic heterocycles. The minimum atomic E-state index is -3.98. The van der Waals surface area contributed by atoms with E-state index in [1.165, 1.54) is 26.4 Å². The van der Waals surface area contributed by atoms with Crippen LogP contribution in [0.25, 0.3) is 11.6 Å². The average Bonchev–Trinajstić information content (AvgIpc) is 3.33. The summed E-state index contributed by atoms with van der Waals surface area (Å²) in [4.78, 5) is 8.15. The van der Waals surface area contributed by atoms with Gasteiger partial charge in [-0.15, -0.1) is 10.2 Å². The van der Waals surface area contributed by atoms with Crippen molar-refractivity contribution in [2.24, 2.45) is 0 Å². The Bertz CT molecular complexity index is 1110. The van der Waals surface area contributed by atoms with Crippen LogP contribution in [-0.2, 0) is 26.0 Å². The molecule has 13 heteroatoms. The third-order valence-electron chi connectivity index (χ3n) is 4.53. The highest BCUT2D eigenvalue weighted by Crippen LogP contribution is 2.27. The van der Waals surface area contributed by atoms with Crippen LogP contribution in [0, 0.1) is 6.92 Å². The topological polar surface area (TPSA) is 134 Å². The van der Waals surface area contributed by atoms with Gasteiger partial charge in [-0.1, -0.05) is 11.6 Å². The van der Waals surface area contributed by atoms with Crippen LogP contribution in [0.3, 0.4) is 0 Å². The molecule has 3 rings (SSSR count). The highest BCUT2D eigenvalue weighted by atomic mass is 35.5. The maximum atomic E-state index is 13.1. The van der Waals surface area contributed by atoms with Crippen LogP contribution < -0.4 is 4.72 Å².